The number of alkyl halides is 3. The minimum absolute atomic E-state index is 0.0475. The molecule has 0 atom stereocenters. The van der Waals surface area contributed by atoms with Crippen molar-refractivity contribution in [2.45, 2.75) is 25.2 Å². The SMILES string of the molecule is Cc1cc(C(F)(F)F)n2nc(S(=O)(=O)Nc3c(F)ccc(C)c3F)nc2n1. The van der Waals surface area contributed by atoms with E-state index in [-0.39, 0.29) is 15.8 Å². The van der Waals surface area contributed by atoms with Crippen LogP contribution in [0.4, 0.5) is 27.6 Å². The van der Waals surface area contributed by atoms with Gasteiger partial charge >= 0.3 is 6.18 Å². The zero-order valence-corrected chi connectivity index (χ0v) is 14.5. The van der Waals surface area contributed by atoms with Crippen LogP contribution < -0.4 is 4.72 Å². The van der Waals surface area contributed by atoms with Crippen molar-refractivity contribution < 1.29 is 30.4 Å². The van der Waals surface area contributed by atoms with E-state index in [4.69, 9.17) is 0 Å². The van der Waals surface area contributed by atoms with E-state index in [0.29, 0.717) is 6.07 Å². The summed E-state index contributed by atoms with van der Waals surface area (Å²) in [7, 11) is -4.79. The van der Waals surface area contributed by atoms with Crippen LogP contribution in [0.3, 0.4) is 0 Å². The number of nitrogens with one attached hydrogen (secondary N) is 1. The topological polar surface area (TPSA) is 89.3 Å². The number of anilines is 1. The number of benzene rings is 1. The Balaban J connectivity index is 2.14. The summed E-state index contributed by atoms with van der Waals surface area (Å²) in [6.07, 6.45) is -4.86. The zero-order chi connectivity index (χ0) is 20.1. The molecule has 0 fully saturated rings. The Bertz CT molecular complexity index is 1160. The quantitative estimate of drug-likeness (QED) is 0.675. The number of nitrogens with zero attached hydrogens (tertiary/aromatic N) is 4. The maximum Gasteiger partial charge on any atom is 0.433 e. The summed E-state index contributed by atoms with van der Waals surface area (Å²) in [6, 6.07) is 2.58. The molecule has 0 saturated carbocycles. The van der Waals surface area contributed by atoms with E-state index >= 15 is 0 Å². The Hall–Kier alpha value is -2.83. The molecule has 2 heterocycles. The average Bonchev–Trinajstić information content (AvgIpc) is 2.98. The highest BCUT2D eigenvalue weighted by molar-refractivity contribution is 7.92. The summed E-state index contributed by atoms with van der Waals surface area (Å²) in [5, 5.41) is 2.18. The van der Waals surface area contributed by atoms with Crippen molar-refractivity contribution in [3.8, 4) is 0 Å². The molecule has 7 nitrogen and oxygen atoms in total. The first-order chi connectivity index (χ1) is 12.4. The Labute approximate surface area is 148 Å². The Morgan fingerprint density at radius 2 is 1.78 bits per heavy atom. The maximum atomic E-state index is 14.0. The number of aryl methyl sites for hydroxylation is 2. The number of aromatic nitrogens is 4. The minimum Gasteiger partial charge on any atom is -0.271 e. The molecule has 0 bridgehead atoms. The van der Waals surface area contributed by atoms with Gasteiger partial charge in [-0.1, -0.05) is 6.07 Å². The molecule has 144 valence electrons. The lowest BCUT2D eigenvalue weighted by Crippen LogP contribution is -2.18. The molecule has 0 spiro atoms. The van der Waals surface area contributed by atoms with Crippen LogP contribution in [0.15, 0.2) is 23.4 Å². The second kappa shape index (κ2) is 6.11. The number of rotatable bonds is 3. The molecule has 0 radical (unpaired) electrons. The monoisotopic (exact) mass is 407 g/mol. The first kappa shape index (κ1) is 18.9. The van der Waals surface area contributed by atoms with Crippen LogP contribution in [0.2, 0.25) is 0 Å². The fraction of sp³-hybridized carbons (Fsp3) is 0.214. The number of sulfonamides is 1. The number of hydrogen-bond donors (Lipinski definition) is 1. The largest absolute Gasteiger partial charge is 0.433 e. The van der Waals surface area contributed by atoms with E-state index in [1.807, 2.05) is 0 Å². The molecule has 3 rings (SSSR count). The van der Waals surface area contributed by atoms with Crippen LogP contribution >= 0.6 is 0 Å². The van der Waals surface area contributed by atoms with Crippen LogP contribution in [0.25, 0.3) is 5.78 Å². The maximum absolute atomic E-state index is 14.0. The molecule has 0 aliphatic carbocycles. The predicted octanol–water partition coefficient (Wildman–Crippen LogP) is 2.84. The molecular weight excluding hydrogens is 397 g/mol. The molecule has 0 saturated heterocycles. The van der Waals surface area contributed by atoms with Crippen LogP contribution in [-0.4, -0.2) is 28.0 Å². The second-order valence-corrected chi connectivity index (χ2v) is 7.12. The third-order valence-electron chi connectivity index (χ3n) is 3.47. The van der Waals surface area contributed by atoms with Gasteiger partial charge < -0.3 is 0 Å². The Morgan fingerprint density at radius 1 is 1.11 bits per heavy atom. The second-order valence-electron chi connectivity index (χ2n) is 5.55. The van der Waals surface area contributed by atoms with Crippen LogP contribution in [-0.2, 0) is 16.2 Å². The molecule has 13 heteroatoms. The smallest absolute Gasteiger partial charge is 0.271 e. The number of halogens is 5. The van der Waals surface area contributed by atoms with E-state index in [1.165, 1.54) is 13.8 Å². The highest BCUT2D eigenvalue weighted by Gasteiger charge is 2.36. The fourth-order valence-corrected chi connectivity index (χ4v) is 3.15. The highest BCUT2D eigenvalue weighted by Crippen LogP contribution is 2.30. The van der Waals surface area contributed by atoms with Gasteiger partial charge in [0.1, 0.15) is 11.5 Å². The lowest BCUT2D eigenvalue weighted by molar-refractivity contribution is -0.142. The summed E-state index contributed by atoms with van der Waals surface area (Å²) in [4.78, 5) is 7.13. The molecule has 2 aromatic heterocycles. The van der Waals surface area contributed by atoms with Gasteiger partial charge in [0.2, 0.25) is 0 Å². The van der Waals surface area contributed by atoms with Gasteiger partial charge in [-0.25, -0.2) is 13.8 Å². The van der Waals surface area contributed by atoms with Gasteiger partial charge in [0, 0.05) is 5.69 Å². The average molecular weight is 407 g/mol. The van der Waals surface area contributed by atoms with E-state index in [9.17, 15) is 30.4 Å². The summed E-state index contributed by atoms with van der Waals surface area (Å²) in [6.45, 7) is 2.53. The van der Waals surface area contributed by atoms with Crippen molar-refractivity contribution in [1.29, 1.82) is 0 Å². The van der Waals surface area contributed by atoms with Crippen LogP contribution in [0, 0.1) is 25.5 Å². The van der Waals surface area contributed by atoms with Crippen LogP contribution in [0.1, 0.15) is 17.0 Å². The minimum atomic E-state index is -4.86. The van der Waals surface area contributed by atoms with E-state index in [1.54, 1.807) is 4.72 Å². The molecule has 27 heavy (non-hydrogen) atoms. The molecule has 0 aliphatic rings. The predicted molar refractivity (Wildman–Crippen MR) is 82.4 cm³/mol. The summed E-state index contributed by atoms with van der Waals surface area (Å²) in [5.74, 6) is -3.02. The Kier molecular flexibility index (Phi) is 4.29. The van der Waals surface area contributed by atoms with Gasteiger partial charge in [0.15, 0.2) is 11.5 Å². The zero-order valence-electron chi connectivity index (χ0n) is 13.6. The Morgan fingerprint density at radius 3 is 2.41 bits per heavy atom. The van der Waals surface area contributed by atoms with Crippen molar-refractivity contribution in [1.82, 2.24) is 19.6 Å². The molecule has 3 aromatic rings. The van der Waals surface area contributed by atoms with Crippen molar-refractivity contribution in [2.24, 2.45) is 0 Å². The fourth-order valence-electron chi connectivity index (χ4n) is 2.21. The van der Waals surface area contributed by atoms with E-state index in [0.717, 1.165) is 12.1 Å². The van der Waals surface area contributed by atoms with Gasteiger partial charge in [-0.2, -0.15) is 31.1 Å². The standard InChI is InChI=1S/C14H10F5N5O2S/c1-6-3-4-8(15)11(10(6)16)23-27(25,26)13-21-12-20-7(2)5-9(14(17,18)19)24(12)22-13/h3-5,23H,1-2H3. The molecular formula is C14H10F5N5O2S. The number of fused-ring (bicyclic) bond motifs is 1. The van der Waals surface area contributed by atoms with Crippen molar-refractivity contribution in [3.05, 3.63) is 46.8 Å². The van der Waals surface area contributed by atoms with E-state index in [2.05, 4.69) is 15.1 Å². The van der Waals surface area contributed by atoms with Gasteiger partial charge in [0.25, 0.3) is 21.0 Å². The van der Waals surface area contributed by atoms with Crippen molar-refractivity contribution in [3.63, 3.8) is 0 Å². The lowest BCUT2D eigenvalue weighted by atomic mass is 10.2. The molecule has 0 unspecified atom stereocenters. The molecule has 1 aromatic carbocycles. The van der Waals surface area contributed by atoms with Crippen LogP contribution in [0.5, 0.6) is 0 Å². The summed E-state index contributed by atoms with van der Waals surface area (Å²) >= 11 is 0. The van der Waals surface area contributed by atoms with Crippen molar-refractivity contribution >= 4 is 21.5 Å². The lowest BCUT2D eigenvalue weighted by Gasteiger charge is -2.09. The van der Waals surface area contributed by atoms with E-state index < -0.39 is 50.1 Å². The third-order valence-corrected chi connectivity index (χ3v) is 4.60. The normalized spacial score (nSPS) is 12.6. The first-order valence-electron chi connectivity index (χ1n) is 7.19. The van der Waals surface area contributed by atoms with Gasteiger partial charge in [0.05, 0.1) is 0 Å². The summed E-state index contributed by atoms with van der Waals surface area (Å²) in [5.41, 5.74) is -2.41. The molecule has 0 aliphatic heterocycles. The first-order valence-corrected chi connectivity index (χ1v) is 8.67. The highest BCUT2D eigenvalue weighted by atomic mass is 32.2. The van der Waals surface area contributed by atoms with Crippen molar-refractivity contribution in [2.75, 3.05) is 4.72 Å². The number of hydrogen-bond acceptors (Lipinski definition) is 5. The molecule has 1 N–H and O–H groups in total. The third kappa shape index (κ3) is 3.41. The van der Waals surface area contributed by atoms with Gasteiger partial charge in [-0.05, 0) is 31.5 Å². The van der Waals surface area contributed by atoms with Gasteiger partial charge in [-0.15, -0.1) is 5.10 Å². The van der Waals surface area contributed by atoms with Gasteiger partial charge in [-0.3, -0.25) is 4.72 Å². The molecule has 0 amide bonds. The summed E-state index contributed by atoms with van der Waals surface area (Å²) < 4.78 is 93.7.